The molecule has 0 saturated carbocycles. The van der Waals surface area contributed by atoms with Gasteiger partial charge in [0.15, 0.2) is 11.4 Å². The number of hydrogen-bond donors (Lipinski definition) is 0. The highest BCUT2D eigenvalue weighted by Crippen LogP contribution is 2.38. The Hall–Kier alpha value is -1.19. The summed E-state index contributed by atoms with van der Waals surface area (Å²) in [4.78, 5) is 11.5. The topological polar surface area (TPSA) is 38.8 Å². The summed E-state index contributed by atoms with van der Waals surface area (Å²) in [6.07, 6.45) is 6.85. The summed E-state index contributed by atoms with van der Waals surface area (Å²) in [6.45, 7) is 4.96. The van der Waals surface area contributed by atoms with Gasteiger partial charge in [0, 0.05) is 0 Å². The van der Waals surface area contributed by atoms with Gasteiger partial charge >= 0.3 is 0 Å². The van der Waals surface area contributed by atoms with Crippen molar-refractivity contribution in [1.29, 1.82) is 0 Å². The van der Waals surface area contributed by atoms with Crippen LogP contribution < -0.4 is 0 Å². The van der Waals surface area contributed by atoms with Gasteiger partial charge in [-0.15, -0.1) is 6.58 Å². The van der Waals surface area contributed by atoms with Crippen molar-refractivity contribution in [2.75, 3.05) is 19.8 Å². The van der Waals surface area contributed by atoms with E-state index >= 15 is 0 Å². The Morgan fingerprint density at radius 3 is 3.14 bits per heavy atom. The largest absolute Gasteiger partial charge is 0.373 e. The zero-order valence-corrected chi connectivity index (χ0v) is 7.86. The maximum atomic E-state index is 11.5. The minimum absolute atomic E-state index is 0.0252. The number of ether oxygens (including phenoxy) is 2. The number of epoxide rings is 1. The summed E-state index contributed by atoms with van der Waals surface area (Å²) in [6, 6.07) is 0. The van der Waals surface area contributed by atoms with Gasteiger partial charge in [-0.2, -0.15) is 0 Å². The second-order valence-electron chi connectivity index (χ2n) is 3.33. The van der Waals surface area contributed by atoms with E-state index in [0.717, 1.165) is 5.57 Å². The van der Waals surface area contributed by atoms with Gasteiger partial charge in [-0.1, -0.05) is 18.2 Å². The lowest BCUT2D eigenvalue weighted by Gasteiger charge is -2.15. The lowest BCUT2D eigenvalue weighted by Crippen LogP contribution is -2.29. The van der Waals surface area contributed by atoms with Crippen LogP contribution in [0.2, 0.25) is 0 Å². The molecule has 1 atom stereocenters. The van der Waals surface area contributed by atoms with Crippen LogP contribution in [0.15, 0.2) is 36.5 Å². The van der Waals surface area contributed by atoms with E-state index in [2.05, 4.69) is 6.58 Å². The van der Waals surface area contributed by atoms with Gasteiger partial charge in [0.25, 0.3) is 0 Å². The molecule has 0 aromatic rings. The summed E-state index contributed by atoms with van der Waals surface area (Å²) in [5.74, 6) is 0.0252. The minimum atomic E-state index is -0.671. The first kappa shape index (κ1) is 9.37. The molecule has 0 amide bonds. The minimum Gasteiger partial charge on any atom is -0.373 e. The maximum absolute atomic E-state index is 11.5. The Labute approximate surface area is 82.7 Å². The fourth-order valence-electron chi connectivity index (χ4n) is 1.50. The molecule has 0 radical (unpaired) electrons. The average Bonchev–Trinajstić information content (AvgIpc) is 2.95. The molecule has 1 aliphatic heterocycles. The number of allylic oxidation sites excluding steroid dienone is 2. The van der Waals surface area contributed by atoms with Crippen molar-refractivity contribution in [2.24, 2.45) is 0 Å². The second kappa shape index (κ2) is 3.52. The molecular weight excluding hydrogens is 180 g/mol. The van der Waals surface area contributed by atoms with Gasteiger partial charge in [0.1, 0.15) is 0 Å². The van der Waals surface area contributed by atoms with Crippen molar-refractivity contribution in [3.05, 3.63) is 36.5 Å². The number of rotatable bonds is 4. The molecule has 1 unspecified atom stereocenters. The molecule has 1 fully saturated rings. The van der Waals surface area contributed by atoms with E-state index in [-0.39, 0.29) is 5.78 Å². The standard InChI is InChI=1S/C11H12O3/c1-2-6-13-7-9-4-3-5-10(12)11(9)8-14-11/h2-5H,1,6-8H2. The Bertz CT molecular complexity index is 321. The monoisotopic (exact) mass is 192 g/mol. The maximum Gasteiger partial charge on any atom is 0.194 e. The molecule has 0 N–H and O–H groups in total. The Kier molecular flexibility index (Phi) is 2.35. The van der Waals surface area contributed by atoms with E-state index in [1.54, 1.807) is 18.2 Å². The molecule has 14 heavy (non-hydrogen) atoms. The van der Waals surface area contributed by atoms with Gasteiger partial charge in [0.2, 0.25) is 0 Å². The number of hydrogen-bond acceptors (Lipinski definition) is 3. The van der Waals surface area contributed by atoms with Crippen LogP contribution in [0.3, 0.4) is 0 Å². The van der Waals surface area contributed by atoms with Gasteiger partial charge in [-0.05, 0) is 11.6 Å². The van der Waals surface area contributed by atoms with Crippen molar-refractivity contribution in [3.63, 3.8) is 0 Å². The third-order valence-corrected chi connectivity index (χ3v) is 2.39. The van der Waals surface area contributed by atoms with Crippen molar-refractivity contribution < 1.29 is 14.3 Å². The molecule has 0 bridgehead atoms. The molecule has 1 spiro atoms. The first-order valence-electron chi connectivity index (χ1n) is 4.54. The average molecular weight is 192 g/mol. The fraction of sp³-hybridized carbons (Fsp3) is 0.364. The molecule has 0 aromatic heterocycles. The molecule has 3 nitrogen and oxygen atoms in total. The van der Waals surface area contributed by atoms with E-state index < -0.39 is 5.60 Å². The van der Waals surface area contributed by atoms with E-state index in [0.29, 0.717) is 19.8 Å². The van der Waals surface area contributed by atoms with E-state index in [1.165, 1.54) is 0 Å². The van der Waals surface area contributed by atoms with Gasteiger partial charge < -0.3 is 9.47 Å². The molecule has 1 saturated heterocycles. The van der Waals surface area contributed by atoms with E-state index in [4.69, 9.17) is 9.47 Å². The zero-order valence-electron chi connectivity index (χ0n) is 7.86. The van der Waals surface area contributed by atoms with Crippen LogP contribution in [-0.2, 0) is 14.3 Å². The SMILES string of the molecule is C=CCOCC1=CC=CC(=O)C12CO2. The zero-order chi connectivity index (χ0) is 10.0. The first-order valence-corrected chi connectivity index (χ1v) is 4.54. The van der Waals surface area contributed by atoms with Crippen molar-refractivity contribution >= 4 is 5.78 Å². The van der Waals surface area contributed by atoms with Crippen LogP contribution in [0.1, 0.15) is 0 Å². The van der Waals surface area contributed by atoms with E-state index in [1.807, 2.05) is 6.08 Å². The number of carbonyl (C=O) groups is 1. The third kappa shape index (κ3) is 1.45. The van der Waals surface area contributed by atoms with Crippen LogP contribution in [0.25, 0.3) is 0 Å². The fourth-order valence-corrected chi connectivity index (χ4v) is 1.50. The van der Waals surface area contributed by atoms with Crippen LogP contribution in [0.4, 0.5) is 0 Å². The molecule has 0 aromatic carbocycles. The van der Waals surface area contributed by atoms with Crippen LogP contribution in [0.5, 0.6) is 0 Å². The Morgan fingerprint density at radius 2 is 2.50 bits per heavy atom. The predicted octanol–water partition coefficient (Wildman–Crippen LogP) is 1.02. The first-order chi connectivity index (χ1) is 6.79. The van der Waals surface area contributed by atoms with E-state index in [9.17, 15) is 4.79 Å². The highest BCUT2D eigenvalue weighted by molar-refractivity contribution is 6.03. The van der Waals surface area contributed by atoms with Gasteiger partial charge in [-0.3, -0.25) is 4.79 Å². The van der Waals surface area contributed by atoms with Crippen molar-refractivity contribution in [2.45, 2.75) is 5.60 Å². The highest BCUT2D eigenvalue weighted by atomic mass is 16.6. The predicted molar refractivity (Wildman–Crippen MR) is 51.9 cm³/mol. The molecule has 1 heterocycles. The second-order valence-corrected chi connectivity index (χ2v) is 3.33. The molecule has 2 aliphatic rings. The molecule has 74 valence electrons. The Balaban J connectivity index is 2.02. The quantitative estimate of drug-likeness (QED) is 0.379. The van der Waals surface area contributed by atoms with Crippen LogP contribution in [0, 0.1) is 0 Å². The molecule has 1 aliphatic carbocycles. The lowest BCUT2D eigenvalue weighted by atomic mass is 9.91. The summed E-state index contributed by atoms with van der Waals surface area (Å²) in [7, 11) is 0. The van der Waals surface area contributed by atoms with Gasteiger partial charge in [-0.25, -0.2) is 0 Å². The summed E-state index contributed by atoms with van der Waals surface area (Å²) >= 11 is 0. The highest BCUT2D eigenvalue weighted by Gasteiger charge is 2.54. The van der Waals surface area contributed by atoms with Crippen LogP contribution >= 0.6 is 0 Å². The summed E-state index contributed by atoms with van der Waals surface area (Å²) < 4.78 is 10.5. The molecular formula is C11H12O3. The van der Waals surface area contributed by atoms with Crippen molar-refractivity contribution in [3.8, 4) is 0 Å². The smallest absolute Gasteiger partial charge is 0.194 e. The lowest BCUT2D eigenvalue weighted by molar-refractivity contribution is -0.118. The number of ketones is 1. The number of carbonyl (C=O) groups excluding carboxylic acids is 1. The normalized spacial score (nSPS) is 29.1. The van der Waals surface area contributed by atoms with Crippen molar-refractivity contribution in [1.82, 2.24) is 0 Å². The Morgan fingerprint density at radius 1 is 1.71 bits per heavy atom. The molecule has 3 heteroatoms. The van der Waals surface area contributed by atoms with Crippen LogP contribution in [-0.4, -0.2) is 31.2 Å². The molecule has 2 rings (SSSR count). The summed E-state index contributed by atoms with van der Waals surface area (Å²) in [5.41, 5.74) is 0.238. The third-order valence-electron chi connectivity index (χ3n) is 2.39. The summed E-state index contributed by atoms with van der Waals surface area (Å²) in [5, 5.41) is 0. The van der Waals surface area contributed by atoms with Gasteiger partial charge in [0.05, 0.1) is 19.8 Å².